The Balaban J connectivity index is 1.55. The van der Waals surface area contributed by atoms with E-state index in [0.29, 0.717) is 13.1 Å². The van der Waals surface area contributed by atoms with Crippen molar-refractivity contribution in [2.45, 2.75) is 17.8 Å². The Morgan fingerprint density at radius 3 is 3.11 bits per heavy atom. The van der Waals surface area contributed by atoms with Crippen LogP contribution in [0.3, 0.4) is 0 Å². The highest BCUT2D eigenvalue weighted by molar-refractivity contribution is 7.98. The van der Waals surface area contributed by atoms with Crippen LogP contribution < -0.4 is 10.6 Å². The second kappa shape index (κ2) is 7.50. The molecule has 3 nitrogen and oxygen atoms in total. The highest BCUT2D eigenvalue weighted by Gasteiger charge is 2.29. The van der Waals surface area contributed by atoms with Gasteiger partial charge in [0.2, 0.25) is 0 Å². The Morgan fingerprint density at radius 2 is 2.37 bits per heavy atom. The first-order chi connectivity index (χ1) is 9.18. The number of halogens is 1. The Morgan fingerprint density at radius 1 is 1.47 bits per heavy atom. The summed E-state index contributed by atoms with van der Waals surface area (Å²) >= 11 is 7.82. The lowest BCUT2D eigenvalue weighted by atomic mass is 10.0. The first-order valence-electron chi connectivity index (χ1n) is 6.64. The molecule has 1 aliphatic rings. The molecule has 1 aromatic carbocycles. The second-order valence-corrected chi connectivity index (χ2v) is 6.55. The summed E-state index contributed by atoms with van der Waals surface area (Å²) in [6.45, 7) is 3.22. The van der Waals surface area contributed by atoms with Crippen LogP contribution in [0.25, 0.3) is 0 Å². The van der Waals surface area contributed by atoms with Gasteiger partial charge in [-0.05, 0) is 30.7 Å². The highest BCUT2D eigenvalue weighted by atomic mass is 35.5. The molecule has 0 aliphatic carbocycles. The van der Waals surface area contributed by atoms with Crippen LogP contribution in [0.2, 0.25) is 5.02 Å². The smallest absolute Gasteiger partial charge is 0.0907 e. The SMILES string of the molecule is O[C@]1(CNCCSCc2cccc(Cl)c2)CCNC1. The van der Waals surface area contributed by atoms with Crippen LogP contribution in [-0.4, -0.2) is 42.6 Å². The molecule has 2 rings (SSSR count). The summed E-state index contributed by atoms with van der Waals surface area (Å²) in [6, 6.07) is 7.99. The van der Waals surface area contributed by atoms with E-state index < -0.39 is 5.60 Å². The number of hydrogen-bond donors (Lipinski definition) is 3. The summed E-state index contributed by atoms with van der Waals surface area (Å²) < 4.78 is 0. The first kappa shape index (κ1) is 15.1. The van der Waals surface area contributed by atoms with Gasteiger partial charge in [-0.15, -0.1) is 0 Å². The van der Waals surface area contributed by atoms with Gasteiger partial charge in [0.05, 0.1) is 5.60 Å². The van der Waals surface area contributed by atoms with E-state index in [-0.39, 0.29) is 0 Å². The third-order valence-electron chi connectivity index (χ3n) is 3.26. The lowest BCUT2D eigenvalue weighted by Crippen LogP contribution is -2.42. The van der Waals surface area contributed by atoms with Crippen molar-refractivity contribution in [1.82, 2.24) is 10.6 Å². The molecule has 0 saturated carbocycles. The van der Waals surface area contributed by atoms with Crippen molar-refractivity contribution in [3.63, 3.8) is 0 Å². The molecule has 19 heavy (non-hydrogen) atoms. The summed E-state index contributed by atoms with van der Waals surface area (Å²) in [5.41, 5.74) is 0.716. The van der Waals surface area contributed by atoms with Crippen LogP contribution in [0.15, 0.2) is 24.3 Å². The maximum Gasteiger partial charge on any atom is 0.0907 e. The van der Waals surface area contributed by atoms with Gasteiger partial charge in [0, 0.05) is 36.2 Å². The van der Waals surface area contributed by atoms with E-state index in [4.69, 9.17) is 11.6 Å². The molecule has 1 fully saturated rings. The molecule has 1 heterocycles. The van der Waals surface area contributed by atoms with Crippen molar-refractivity contribution in [3.8, 4) is 0 Å². The minimum absolute atomic E-state index is 0.544. The lowest BCUT2D eigenvalue weighted by Gasteiger charge is -2.21. The van der Waals surface area contributed by atoms with Gasteiger partial charge in [0.1, 0.15) is 0 Å². The van der Waals surface area contributed by atoms with Crippen molar-refractivity contribution in [2.75, 3.05) is 31.9 Å². The van der Waals surface area contributed by atoms with Gasteiger partial charge < -0.3 is 15.7 Å². The van der Waals surface area contributed by atoms with Gasteiger partial charge >= 0.3 is 0 Å². The topological polar surface area (TPSA) is 44.3 Å². The third-order valence-corrected chi connectivity index (χ3v) is 4.52. The van der Waals surface area contributed by atoms with E-state index in [1.54, 1.807) is 0 Å². The van der Waals surface area contributed by atoms with Crippen LogP contribution >= 0.6 is 23.4 Å². The average Bonchev–Trinajstić information content (AvgIpc) is 2.81. The maximum absolute atomic E-state index is 10.1. The highest BCUT2D eigenvalue weighted by Crippen LogP contribution is 2.16. The molecule has 0 spiro atoms. The molecule has 0 aromatic heterocycles. The minimum atomic E-state index is -0.544. The molecule has 0 unspecified atom stereocenters. The fourth-order valence-electron chi connectivity index (χ4n) is 2.16. The first-order valence-corrected chi connectivity index (χ1v) is 8.17. The lowest BCUT2D eigenvalue weighted by molar-refractivity contribution is 0.0619. The van der Waals surface area contributed by atoms with Crippen LogP contribution in [0, 0.1) is 0 Å². The Hall–Kier alpha value is -0.260. The normalized spacial score (nSPS) is 22.8. The quantitative estimate of drug-likeness (QED) is 0.673. The van der Waals surface area contributed by atoms with Gasteiger partial charge in [0.15, 0.2) is 0 Å². The number of aliphatic hydroxyl groups is 1. The Labute approximate surface area is 124 Å². The number of rotatable bonds is 7. The van der Waals surface area contributed by atoms with Crippen molar-refractivity contribution in [2.24, 2.45) is 0 Å². The fraction of sp³-hybridized carbons (Fsp3) is 0.571. The zero-order valence-electron chi connectivity index (χ0n) is 11.0. The van der Waals surface area contributed by atoms with Gasteiger partial charge in [0.25, 0.3) is 0 Å². The summed E-state index contributed by atoms with van der Waals surface area (Å²) in [5.74, 6) is 2.02. The number of β-amino-alcohol motifs (C(OH)–C–C–N with tert-alkyl or cyclic N) is 1. The van der Waals surface area contributed by atoms with Gasteiger partial charge in [-0.25, -0.2) is 0 Å². The van der Waals surface area contributed by atoms with Crippen LogP contribution in [0.1, 0.15) is 12.0 Å². The largest absolute Gasteiger partial charge is 0.387 e. The summed E-state index contributed by atoms with van der Waals surface area (Å²) in [4.78, 5) is 0. The van der Waals surface area contributed by atoms with Gasteiger partial charge in [-0.1, -0.05) is 23.7 Å². The standard InChI is InChI=1S/C14H21ClN2OS/c15-13-3-1-2-12(8-13)9-19-7-6-17-11-14(18)4-5-16-10-14/h1-3,8,16-18H,4-7,9-11H2/t14-/m1/s1. The molecule has 0 radical (unpaired) electrons. The number of nitrogens with one attached hydrogen (secondary N) is 2. The van der Waals surface area contributed by atoms with E-state index in [0.717, 1.165) is 36.0 Å². The molecule has 3 N–H and O–H groups in total. The van der Waals surface area contributed by atoms with Gasteiger partial charge in [-0.2, -0.15) is 11.8 Å². The molecule has 0 amide bonds. The minimum Gasteiger partial charge on any atom is -0.387 e. The molecule has 1 aliphatic heterocycles. The third kappa shape index (κ3) is 5.32. The zero-order chi connectivity index (χ0) is 13.6. The van der Waals surface area contributed by atoms with Crippen LogP contribution in [0.4, 0.5) is 0 Å². The maximum atomic E-state index is 10.1. The Kier molecular flexibility index (Phi) is 5.98. The summed E-state index contributed by atoms with van der Waals surface area (Å²) in [5, 5.41) is 17.4. The van der Waals surface area contributed by atoms with Crippen molar-refractivity contribution < 1.29 is 5.11 Å². The van der Waals surface area contributed by atoms with Crippen molar-refractivity contribution >= 4 is 23.4 Å². The number of benzene rings is 1. The van der Waals surface area contributed by atoms with Gasteiger partial charge in [-0.3, -0.25) is 0 Å². The second-order valence-electron chi connectivity index (χ2n) is 5.01. The molecule has 106 valence electrons. The summed E-state index contributed by atoms with van der Waals surface area (Å²) in [7, 11) is 0. The Bertz CT molecular complexity index is 397. The molecule has 0 bridgehead atoms. The van der Waals surface area contributed by atoms with E-state index >= 15 is 0 Å². The van der Waals surface area contributed by atoms with E-state index in [9.17, 15) is 5.11 Å². The van der Waals surface area contributed by atoms with Crippen molar-refractivity contribution in [3.05, 3.63) is 34.9 Å². The predicted molar refractivity (Wildman–Crippen MR) is 82.9 cm³/mol. The summed E-state index contributed by atoms with van der Waals surface area (Å²) in [6.07, 6.45) is 0.843. The van der Waals surface area contributed by atoms with E-state index in [2.05, 4.69) is 16.7 Å². The van der Waals surface area contributed by atoms with Crippen LogP contribution in [0.5, 0.6) is 0 Å². The predicted octanol–water partition coefficient (Wildman–Crippen LogP) is 1.89. The zero-order valence-corrected chi connectivity index (χ0v) is 12.6. The fourth-order valence-corrected chi connectivity index (χ4v) is 3.22. The average molecular weight is 301 g/mol. The van der Waals surface area contributed by atoms with Crippen LogP contribution in [-0.2, 0) is 5.75 Å². The molecule has 5 heteroatoms. The monoisotopic (exact) mass is 300 g/mol. The molecular weight excluding hydrogens is 280 g/mol. The molecule has 1 aromatic rings. The van der Waals surface area contributed by atoms with E-state index in [1.165, 1.54) is 5.56 Å². The van der Waals surface area contributed by atoms with E-state index in [1.807, 2.05) is 30.0 Å². The van der Waals surface area contributed by atoms with Crippen molar-refractivity contribution in [1.29, 1.82) is 0 Å². The number of hydrogen-bond acceptors (Lipinski definition) is 4. The molecule has 1 saturated heterocycles. The molecule has 1 atom stereocenters. The number of thioether (sulfide) groups is 1. The molecular formula is C14H21ClN2OS.